The maximum atomic E-state index is 15.8. The SMILES string of the molecule is O=S(=O)(Nc1ccc(F)c(Nc2ncnc3ccc(-n4cc(S(=O)(=O)C5=C(O)CCCC5)c5ccccc54)nc23)c1F)c1cccc(Cl)c1Cl. The van der Waals surface area contributed by atoms with Gasteiger partial charge in [-0.05, 0) is 61.7 Å². The fourth-order valence-corrected chi connectivity index (χ4v) is 9.37. The largest absolute Gasteiger partial charge is 0.511 e. The van der Waals surface area contributed by atoms with Crippen LogP contribution in [0.5, 0.6) is 0 Å². The number of benzene rings is 3. The maximum Gasteiger partial charge on any atom is 0.263 e. The smallest absolute Gasteiger partial charge is 0.263 e. The molecule has 3 aromatic carbocycles. The summed E-state index contributed by atoms with van der Waals surface area (Å²) in [4.78, 5) is 12.6. The average molecular weight is 758 g/mol. The minimum atomic E-state index is -4.46. The first-order valence-corrected chi connectivity index (χ1v) is 18.7. The number of hydrogen-bond acceptors (Lipinski definition) is 9. The number of aliphatic hydroxyl groups excluding tert-OH is 1. The van der Waals surface area contributed by atoms with Crippen molar-refractivity contribution in [1.29, 1.82) is 0 Å². The predicted molar refractivity (Wildman–Crippen MR) is 186 cm³/mol. The molecule has 0 saturated carbocycles. The lowest BCUT2D eigenvalue weighted by atomic mass is 10.1. The lowest BCUT2D eigenvalue weighted by molar-refractivity contribution is 0.364. The number of allylic oxidation sites excluding steroid dienone is 2. The molecule has 0 fully saturated rings. The summed E-state index contributed by atoms with van der Waals surface area (Å²) in [7, 11) is -8.52. The average Bonchev–Trinajstić information content (AvgIpc) is 3.50. The summed E-state index contributed by atoms with van der Waals surface area (Å²) >= 11 is 12.0. The second-order valence-corrected chi connectivity index (χ2v) is 15.7. The molecule has 50 heavy (non-hydrogen) atoms. The van der Waals surface area contributed by atoms with Crippen LogP contribution < -0.4 is 10.0 Å². The molecular formula is C33H24Cl2F2N6O5S2. The Kier molecular flexibility index (Phi) is 8.62. The molecule has 0 bridgehead atoms. The van der Waals surface area contributed by atoms with Crippen LogP contribution in [-0.2, 0) is 19.9 Å². The molecule has 0 aliphatic heterocycles. The van der Waals surface area contributed by atoms with E-state index < -0.39 is 47.8 Å². The van der Waals surface area contributed by atoms with Gasteiger partial charge in [0.2, 0.25) is 9.84 Å². The van der Waals surface area contributed by atoms with E-state index in [2.05, 4.69) is 25.0 Å². The molecule has 17 heteroatoms. The molecule has 0 atom stereocenters. The topological polar surface area (TPSA) is 156 Å². The minimum absolute atomic E-state index is 0.0106. The van der Waals surface area contributed by atoms with Gasteiger partial charge >= 0.3 is 0 Å². The molecule has 1 aliphatic carbocycles. The normalized spacial score (nSPS) is 14.0. The molecule has 3 aromatic heterocycles. The third-order valence-corrected chi connectivity index (χ3v) is 12.5. The van der Waals surface area contributed by atoms with Crippen molar-refractivity contribution in [3.05, 3.63) is 112 Å². The van der Waals surface area contributed by atoms with Crippen molar-refractivity contribution in [3.8, 4) is 5.82 Å². The van der Waals surface area contributed by atoms with E-state index in [-0.39, 0.29) is 61.1 Å². The molecule has 6 aromatic rings. The van der Waals surface area contributed by atoms with Crippen LogP contribution in [-0.4, -0.2) is 41.5 Å². The van der Waals surface area contributed by atoms with Gasteiger partial charge in [-0.15, -0.1) is 0 Å². The molecule has 0 unspecified atom stereocenters. The van der Waals surface area contributed by atoms with Crippen molar-refractivity contribution in [1.82, 2.24) is 19.5 Å². The van der Waals surface area contributed by atoms with Crippen LogP contribution in [0.1, 0.15) is 25.7 Å². The van der Waals surface area contributed by atoms with E-state index in [0.29, 0.717) is 23.7 Å². The molecular weight excluding hydrogens is 733 g/mol. The minimum Gasteiger partial charge on any atom is -0.511 e. The highest BCUT2D eigenvalue weighted by atomic mass is 35.5. The van der Waals surface area contributed by atoms with Crippen LogP contribution in [0.15, 0.2) is 99.7 Å². The van der Waals surface area contributed by atoms with E-state index in [4.69, 9.17) is 23.2 Å². The number of aliphatic hydroxyl groups is 1. The maximum absolute atomic E-state index is 15.8. The molecule has 3 N–H and O–H groups in total. The lowest BCUT2D eigenvalue weighted by Gasteiger charge is -2.16. The monoisotopic (exact) mass is 756 g/mol. The van der Waals surface area contributed by atoms with Crippen molar-refractivity contribution in [2.75, 3.05) is 10.0 Å². The number of hydrogen-bond donors (Lipinski definition) is 3. The van der Waals surface area contributed by atoms with Crippen molar-refractivity contribution in [2.45, 2.75) is 35.5 Å². The van der Waals surface area contributed by atoms with Gasteiger partial charge in [-0.1, -0.05) is 47.5 Å². The zero-order valence-corrected chi connectivity index (χ0v) is 28.7. The number of rotatable bonds is 8. The zero-order chi connectivity index (χ0) is 35.4. The summed E-state index contributed by atoms with van der Waals surface area (Å²) in [6.45, 7) is 0. The number of nitrogens with one attached hydrogen (secondary N) is 2. The number of fused-ring (bicyclic) bond motifs is 2. The van der Waals surface area contributed by atoms with Gasteiger partial charge in [0.05, 0.1) is 36.6 Å². The van der Waals surface area contributed by atoms with Gasteiger partial charge in [0, 0.05) is 18.0 Å². The molecule has 0 amide bonds. The number of aromatic nitrogens is 4. The summed E-state index contributed by atoms with van der Waals surface area (Å²) < 4.78 is 88.4. The molecule has 11 nitrogen and oxygen atoms in total. The Morgan fingerprint density at radius 3 is 2.44 bits per heavy atom. The Labute approximate surface area is 294 Å². The molecule has 256 valence electrons. The number of halogens is 4. The van der Waals surface area contributed by atoms with Crippen LogP contribution in [0, 0.1) is 11.6 Å². The highest BCUT2D eigenvalue weighted by Gasteiger charge is 2.30. The Morgan fingerprint density at radius 2 is 1.64 bits per heavy atom. The number of para-hydroxylation sites is 1. The van der Waals surface area contributed by atoms with Gasteiger partial charge in [0.15, 0.2) is 11.6 Å². The van der Waals surface area contributed by atoms with Gasteiger partial charge in [0.25, 0.3) is 10.0 Å². The van der Waals surface area contributed by atoms with E-state index in [1.807, 2.05) is 0 Å². The van der Waals surface area contributed by atoms with Gasteiger partial charge in [-0.3, -0.25) is 9.29 Å². The number of sulfonamides is 1. The van der Waals surface area contributed by atoms with Crippen molar-refractivity contribution in [3.63, 3.8) is 0 Å². The Bertz CT molecular complexity index is 2620. The van der Waals surface area contributed by atoms with Crippen LogP contribution in [0.4, 0.5) is 26.0 Å². The summed E-state index contributed by atoms with van der Waals surface area (Å²) in [5.41, 5.74) is -0.493. The highest BCUT2D eigenvalue weighted by molar-refractivity contribution is 7.95. The summed E-state index contributed by atoms with van der Waals surface area (Å²) in [6.07, 6.45) is 4.39. The standard InChI is InChI=1S/C33H24Cl2F2N6O5S2/c34-19-7-5-11-26(29(19)35)50(47,48)42-21-13-12-20(36)31(30(21)37)41-33-32-22(38-17-39-33)14-15-28(40-32)43-16-27(18-6-1-2-8-23(18)43)49(45,46)25-10-4-3-9-24(25)44/h1-2,5-8,11-17,42,44H,3-4,9-10H2,(H,38,39,41). The van der Waals surface area contributed by atoms with Gasteiger partial charge in [-0.25, -0.2) is 40.6 Å². The molecule has 3 heterocycles. The second kappa shape index (κ2) is 12.8. The molecule has 0 saturated heterocycles. The van der Waals surface area contributed by atoms with Gasteiger partial charge in [0.1, 0.15) is 39.8 Å². The second-order valence-electron chi connectivity index (χ2n) is 11.3. The molecule has 1 aliphatic rings. The fraction of sp³-hybridized carbons (Fsp3) is 0.121. The third-order valence-electron chi connectivity index (χ3n) is 8.18. The summed E-state index contributed by atoms with van der Waals surface area (Å²) in [5.74, 6) is -2.40. The van der Waals surface area contributed by atoms with Crippen LogP contribution in [0.2, 0.25) is 10.0 Å². The van der Waals surface area contributed by atoms with Crippen LogP contribution in [0.25, 0.3) is 27.8 Å². The van der Waals surface area contributed by atoms with Gasteiger partial charge in [-0.2, -0.15) is 0 Å². The van der Waals surface area contributed by atoms with Crippen LogP contribution >= 0.6 is 23.2 Å². The first kappa shape index (κ1) is 33.7. The molecule has 0 spiro atoms. The van der Waals surface area contributed by atoms with E-state index in [0.717, 1.165) is 18.5 Å². The quantitative estimate of drug-likeness (QED) is 0.139. The Hall–Kier alpha value is -4.83. The Balaban J connectivity index is 1.29. The molecule has 0 radical (unpaired) electrons. The summed E-state index contributed by atoms with van der Waals surface area (Å²) in [6, 6.07) is 15.7. The van der Waals surface area contributed by atoms with E-state index in [9.17, 15) is 21.9 Å². The number of pyridine rings is 1. The third kappa shape index (κ3) is 5.89. The fourth-order valence-electron chi connectivity index (χ4n) is 5.75. The van der Waals surface area contributed by atoms with Crippen LogP contribution in [0.3, 0.4) is 0 Å². The van der Waals surface area contributed by atoms with E-state index >= 15 is 8.78 Å². The first-order valence-electron chi connectivity index (χ1n) is 15.0. The number of sulfone groups is 1. The van der Waals surface area contributed by atoms with Crippen molar-refractivity contribution in [2.24, 2.45) is 0 Å². The van der Waals surface area contributed by atoms with E-state index in [1.54, 1.807) is 41.0 Å². The zero-order valence-electron chi connectivity index (χ0n) is 25.5. The first-order chi connectivity index (χ1) is 23.9. The summed E-state index contributed by atoms with van der Waals surface area (Å²) in [5, 5.41) is 13.2. The van der Waals surface area contributed by atoms with E-state index in [1.165, 1.54) is 24.4 Å². The number of nitrogens with zero attached hydrogens (tertiary/aromatic N) is 4. The predicted octanol–water partition coefficient (Wildman–Crippen LogP) is 8.22. The Morgan fingerprint density at radius 1 is 0.860 bits per heavy atom. The number of anilines is 3. The van der Waals surface area contributed by atoms with Crippen molar-refractivity contribution < 1.29 is 30.7 Å². The highest BCUT2D eigenvalue weighted by Crippen LogP contribution is 2.38. The van der Waals surface area contributed by atoms with Gasteiger partial charge < -0.3 is 10.4 Å². The molecule has 7 rings (SSSR count). The lowest BCUT2D eigenvalue weighted by Crippen LogP contribution is -2.15. The van der Waals surface area contributed by atoms with Crippen molar-refractivity contribution >= 4 is 82.2 Å².